The lowest BCUT2D eigenvalue weighted by Gasteiger charge is -2.21. The molecule has 3 N–H and O–H groups in total. The summed E-state index contributed by atoms with van der Waals surface area (Å²) < 4.78 is 1.94. The van der Waals surface area contributed by atoms with Crippen molar-refractivity contribution in [3.8, 4) is 0 Å². The first-order valence-electron chi connectivity index (χ1n) is 9.26. The van der Waals surface area contributed by atoms with Gasteiger partial charge in [0.2, 0.25) is 0 Å². The Bertz CT molecular complexity index is 610. The summed E-state index contributed by atoms with van der Waals surface area (Å²) in [5.74, 6) is 0.384. The molecule has 0 fully saturated rings. The molecule has 0 aliphatic rings. The Morgan fingerprint density at radius 2 is 1.71 bits per heavy atom. The van der Waals surface area contributed by atoms with Gasteiger partial charge in [-0.25, -0.2) is 15.0 Å². The van der Waals surface area contributed by atoms with Crippen LogP contribution in [0.15, 0.2) is 12.7 Å². The van der Waals surface area contributed by atoms with Crippen LogP contribution >= 0.6 is 0 Å². The number of aliphatic hydroxyl groups is 1. The van der Waals surface area contributed by atoms with E-state index in [9.17, 15) is 5.11 Å². The first-order chi connectivity index (χ1) is 11.6. The second-order valence-electron chi connectivity index (χ2n) is 6.65. The van der Waals surface area contributed by atoms with E-state index in [2.05, 4.69) is 21.9 Å². The molecular formula is C18H31N5O. The first-order valence-corrected chi connectivity index (χ1v) is 9.26. The predicted molar refractivity (Wildman–Crippen MR) is 97.7 cm³/mol. The average molecular weight is 333 g/mol. The molecule has 0 saturated carbocycles. The van der Waals surface area contributed by atoms with Crippen LogP contribution in [-0.4, -0.2) is 30.7 Å². The van der Waals surface area contributed by atoms with Gasteiger partial charge in [0.05, 0.1) is 18.5 Å². The van der Waals surface area contributed by atoms with Crippen LogP contribution in [0.5, 0.6) is 0 Å². The highest BCUT2D eigenvalue weighted by Crippen LogP contribution is 2.25. The number of rotatable bonds is 11. The molecule has 0 aliphatic heterocycles. The molecule has 2 rings (SSSR count). The van der Waals surface area contributed by atoms with Crippen LogP contribution in [0.3, 0.4) is 0 Å². The summed E-state index contributed by atoms with van der Waals surface area (Å²) in [7, 11) is 0. The molecule has 0 amide bonds. The third-order valence-electron chi connectivity index (χ3n) is 4.65. The van der Waals surface area contributed by atoms with Crippen molar-refractivity contribution in [2.24, 2.45) is 0 Å². The Morgan fingerprint density at radius 1 is 1.04 bits per heavy atom. The van der Waals surface area contributed by atoms with E-state index in [-0.39, 0.29) is 6.04 Å². The number of nitrogens with two attached hydrogens (primary N) is 1. The van der Waals surface area contributed by atoms with Gasteiger partial charge in [0.15, 0.2) is 11.5 Å². The quantitative estimate of drug-likeness (QED) is 0.609. The Morgan fingerprint density at radius 3 is 2.38 bits per heavy atom. The molecule has 0 saturated heterocycles. The van der Waals surface area contributed by atoms with E-state index in [1.54, 1.807) is 6.33 Å². The van der Waals surface area contributed by atoms with Gasteiger partial charge in [-0.1, -0.05) is 58.3 Å². The van der Waals surface area contributed by atoms with Crippen LogP contribution in [0.1, 0.15) is 77.7 Å². The molecule has 0 bridgehead atoms. The lowest BCUT2D eigenvalue weighted by Crippen LogP contribution is -2.21. The Balaban J connectivity index is 1.87. The number of hydrogen-bond donors (Lipinski definition) is 2. The van der Waals surface area contributed by atoms with Crippen molar-refractivity contribution in [3.05, 3.63) is 12.7 Å². The highest BCUT2D eigenvalue weighted by Gasteiger charge is 2.20. The lowest BCUT2D eigenvalue weighted by atomic mass is 10.0. The standard InChI is InChI=1S/C18H31N5O/c1-3-4-5-6-7-8-9-10-11-15(14(2)24)23-13-22-16-17(19)20-12-21-18(16)23/h12-15,24H,3-11H2,1-2H3,(H2,19,20,21)/t14-,15-/m0/s1. The molecule has 2 aromatic rings. The van der Waals surface area contributed by atoms with Crippen molar-refractivity contribution >= 4 is 17.0 Å². The maximum absolute atomic E-state index is 10.2. The first kappa shape index (κ1) is 18.6. The van der Waals surface area contributed by atoms with Crippen molar-refractivity contribution in [2.45, 2.75) is 83.8 Å². The molecule has 2 aromatic heterocycles. The largest absolute Gasteiger partial charge is 0.391 e. The Kier molecular flexibility index (Phi) is 7.43. The van der Waals surface area contributed by atoms with E-state index >= 15 is 0 Å². The fraction of sp³-hybridized carbons (Fsp3) is 0.722. The van der Waals surface area contributed by atoms with E-state index in [1.165, 1.54) is 51.3 Å². The molecule has 0 radical (unpaired) electrons. The maximum Gasteiger partial charge on any atom is 0.165 e. The number of hydrogen-bond acceptors (Lipinski definition) is 5. The summed E-state index contributed by atoms with van der Waals surface area (Å²) >= 11 is 0. The zero-order chi connectivity index (χ0) is 17.4. The van der Waals surface area contributed by atoms with Crippen LogP contribution in [0.4, 0.5) is 5.82 Å². The second-order valence-corrected chi connectivity index (χ2v) is 6.65. The molecule has 6 heteroatoms. The minimum Gasteiger partial charge on any atom is -0.391 e. The zero-order valence-corrected chi connectivity index (χ0v) is 15.0. The number of aromatic nitrogens is 4. The second kappa shape index (κ2) is 9.57. The lowest BCUT2D eigenvalue weighted by molar-refractivity contribution is 0.124. The van der Waals surface area contributed by atoms with E-state index < -0.39 is 6.10 Å². The monoisotopic (exact) mass is 333 g/mol. The van der Waals surface area contributed by atoms with Crippen molar-refractivity contribution in [1.29, 1.82) is 0 Å². The van der Waals surface area contributed by atoms with Crippen molar-refractivity contribution < 1.29 is 5.11 Å². The number of nitrogen functional groups attached to an aromatic ring is 1. The number of imidazole rings is 1. The number of unbranched alkanes of at least 4 members (excludes halogenated alkanes) is 7. The Hall–Kier alpha value is -1.69. The summed E-state index contributed by atoms with van der Waals surface area (Å²) in [4.78, 5) is 12.6. The maximum atomic E-state index is 10.2. The molecule has 2 atom stereocenters. The Labute approximate surface area is 144 Å². The van der Waals surface area contributed by atoms with Gasteiger partial charge in [-0.2, -0.15) is 0 Å². The molecular weight excluding hydrogens is 302 g/mol. The third kappa shape index (κ3) is 4.90. The van der Waals surface area contributed by atoms with Gasteiger partial charge in [-0.05, 0) is 13.3 Å². The summed E-state index contributed by atoms with van der Waals surface area (Å²) in [6.07, 6.45) is 13.9. The molecule has 6 nitrogen and oxygen atoms in total. The van der Waals surface area contributed by atoms with E-state index in [4.69, 9.17) is 5.73 Å². The minimum atomic E-state index is -0.455. The summed E-state index contributed by atoms with van der Waals surface area (Å²) in [6, 6.07) is -0.0237. The van der Waals surface area contributed by atoms with E-state index in [0.29, 0.717) is 17.0 Å². The fourth-order valence-electron chi connectivity index (χ4n) is 3.21. The molecule has 0 spiro atoms. The molecule has 0 aromatic carbocycles. The average Bonchev–Trinajstić information content (AvgIpc) is 2.98. The van der Waals surface area contributed by atoms with Crippen LogP contribution in [0.2, 0.25) is 0 Å². The highest BCUT2D eigenvalue weighted by molar-refractivity contribution is 5.81. The van der Waals surface area contributed by atoms with Gasteiger partial charge >= 0.3 is 0 Å². The highest BCUT2D eigenvalue weighted by atomic mass is 16.3. The summed E-state index contributed by atoms with van der Waals surface area (Å²) in [6.45, 7) is 4.07. The predicted octanol–water partition coefficient (Wildman–Crippen LogP) is 3.86. The van der Waals surface area contributed by atoms with E-state index in [1.807, 2.05) is 11.5 Å². The van der Waals surface area contributed by atoms with Gasteiger partial charge < -0.3 is 15.4 Å². The summed E-state index contributed by atoms with van der Waals surface area (Å²) in [5, 5.41) is 10.2. The third-order valence-corrected chi connectivity index (χ3v) is 4.65. The van der Waals surface area contributed by atoms with Crippen molar-refractivity contribution in [3.63, 3.8) is 0 Å². The molecule has 0 aliphatic carbocycles. The van der Waals surface area contributed by atoms with Crippen molar-refractivity contribution in [2.75, 3.05) is 5.73 Å². The van der Waals surface area contributed by atoms with Gasteiger partial charge in [0.25, 0.3) is 0 Å². The number of nitrogens with zero attached hydrogens (tertiary/aromatic N) is 4. The number of fused-ring (bicyclic) bond motifs is 1. The van der Waals surface area contributed by atoms with Crippen molar-refractivity contribution in [1.82, 2.24) is 19.5 Å². The van der Waals surface area contributed by atoms with Crippen LogP contribution < -0.4 is 5.73 Å². The smallest absolute Gasteiger partial charge is 0.165 e. The molecule has 2 heterocycles. The zero-order valence-electron chi connectivity index (χ0n) is 15.0. The topological polar surface area (TPSA) is 89.8 Å². The number of aliphatic hydroxyl groups excluding tert-OH is 1. The minimum absolute atomic E-state index is 0.0237. The summed E-state index contributed by atoms with van der Waals surface area (Å²) in [5.41, 5.74) is 7.16. The van der Waals surface area contributed by atoms with Gasteiger partial charge in [-0.3, -0.25) is 0 Å². The number of anilines is 1. The van der Waals surface area contributed by atoms with E-state index in [0.717, 1.165) is 12.8 Å². The van der Waals surface area contributed by atoms with Gasteiger partial charge in [0, 0.05) is 0 Å². The fourth-order valence-corrected chi connectivity index (χ4v) is 3.21. The molecule has 24 heavy (non-hydrogen) atoms. The van der Waals surface area contributed by atoms with Crippen LogP contribution in [0.25, 0.3) is 11.2 Å². The normalized spacial score (nSPS) is 14.1. The SMILES string of the molecule is CCCCCCCCCC[C@@H]([C@H](C)O)n1cnc2c(N)ncnc21. The molecule has 134 valence electrons. The van der Waals surface area contributed by atoms with Crippen LogP contribution in [-0.2, 0) is 0 Å². The van der Waals surface area contributed by atoms with Crippen LogP contribution in [0, 0.1) is 0 Å². The molecule has 0 unspecified atom stereocenters. The van der Waals surface area contributed by atoms with Gasteiger partial charge in [0.1, 0.15) is 11.8 Å². The van der Waals surface area contributed by atoms with Gasteiger partial charge in [-0.15, -0.1) is 0 Å².